The zero-order chi connectivity index (χ0) is 12.6. The van der Waals surface area contributed by atoms with Crippen molar-refractivity contribution in [2.24, 2.45) is 0 Å². The van der Waals surface area contributed by atoms with E-state index in [1.165, 1.54) is 0 Å². The highest BCUT2D eigenvalue weighted by atomic mass is 16.5. The van der Waals surface area contributed by atoms with Gasteiger partial charge < -0.3 is 15.2 Å². The minimum Gasteiger partial charge on any atom is -0.389 e. The van der Waals surface area contributed by atoms with E-state index in [1.807, 2.05) is 30.3 Å². The largest absolute Gasteiger partial charge is 0.389 e. The molecule has 0 fully saturated rings. The van der Waals surface area contributed by atoms with Crippen LogP contribution in [0.25, 0.3) is 0 Å². The van der Waals surface area contributed by atoms with E-state index in [1.54, 1.807) is 0 Å². The molecule has 1 aliphatic carbocycles. The summed E-state index contributed by atoms with van der Waals surface area (Å²) in [7, 11) is 0. The maximum Gasteiger partial charge on any atom is 0.0897 e. The fourth-order valence-electron chi connectivity index (χ4n) is 2.03. The van der Waals surface area contributed by atoms with Crippen LogP contribution in [0.1, 0.15) is 18.4 Å². The molecule has 1 aliphatic rings. The van der Waals surface area contributed by atoms with Crippen LogP contribution in [0.3, 0.4) is 0 Å². The molecule has 0 aliphatic heterocycles. The van der Waals surface area contributed by atoms with Gasteiger partial charge in [-0.3, -0.25) is 0 Å². The van der Waals surface area contributed by atoms with Crippen molar-refractivity contribution >= 4 is 0 Å². The number of benzene rings is 1. The summed E-state index contributed by atoms with van der Waals surface area (Å²) >= 11 is 0. The van der Waals surface area contributed by atoms with Gasteiger partial charge in [0.15, 0.2) is 0 Å². The van der Waals surface area contributed by atoms with Gasteiger partial charge in [0, 0.05) is 12.6 Å². The average molecular weight is 247 g/mol. The van der Waals surface area contributed by atoms with Crippen LogP contribution >= 0.6 is 0 Å². The zero-order valence-electron chi connectivity index (χ0n) is 10.6. The van der Waals surface area contributed by atoms with Crippen molar-refractivity contribution in [2.45, 2.75) is 31.6 Å². The third-order valence-corrected chi connectivity index (χ3v) is 3.07. The monoisotopic (exact) mass is 247 g/mol. The quantitative estimate of drug-likeness (QED) is 0.723. The lowest BCUT2D eigenvalue weighted by Gasteiger charge is -2.16. The predicted octanol–water partition coefficient (Wildman–Crippen LogP) is 1.87. The van der Waals surface area contributed by atoms with Gasteiger partial charge in [0.1, 0.15) is 0 Å². The summed E-state index contributed by atoms with van der Waals surface area (Å²) in [6, 6.07) is 10.5. The second kappa shape index (κ2) is 7.31. The molecule has 0 aromatic heterocycles. The summed E-state index contributed by atoms with van der Waals surface area (Å²) in [5.74, 6) is 0. The molecule has 98 valence electrons. The van der Waals surface area contributed by atoms with Gasteiger partial charge in [-0.1, -0.05) is 42.5 Å². The Morgan fingerprint density at radius 2 is 1.94 bits per heavy atom. The first-order valence-corrected chi connectivity index (χ1v) is 6.52. The Morgan fingerprint density at radius 1 is 1.22 bits per heavy atom. The van der Waals surface area contributed by atoms with Crippen LogP contribution in [-0.4, -0.2) is 30.4 Å². The van der Waals surface area contributed by atoms with E-state index < -0.39 is 6.10 Å². The van der Waals surface area contributed by atoms with Gasteiger partial charge in [0.2, 0.25) is 0 Å². The molecule has 0 bridgehead atoms. The molecule has 0 amide bonds. The first-order chi connectivity index (χ1) is 8.84. The molecular weight excluding hydrogens is 226 g/mol. The van der Waals surface area contributed by atoms with Crippen molar-refractivity contribution in [2.75, 3.05) is 13.2 Å². The Labute approximate surface area is 108 Å². The molecule has 3 heteroatoms. The normalized spacial score (nSPS) is 17.2. The summed E-state index contributed by atoms with van der Waals surface area (Å²) in [4.78, 5) is 0. The molecule has 3 nitrogen and oxygen atoms in total. The molecule has 0 heterocycles. The lowest BCUT2D eigenvalue weighted by molar-refractivity contribution is 0.0278. The SMILES string of the molecule is OC(CNC1CC=CC1)COCc1ccccc1. The average Bonchev–Trinajstić information content (AvgIpc) is 2.91. The van der Waals surface area contributed by atoms with Crippen molar-refractivity contribution < 1.29 is 9.84 Å². The Bertz CT molecular complexity index is 356. The number of nitrogens with one attached hydrogen (secondary N) is 1. The first-order valence-electron chi connectivity index (χ1n) is 6.52. The maximum absolute atomic E-state index is 9.78. The van der Waals surface area contributed by atoms with E-state index in [2.05, 4.69) is 17.5 Å². The lowest BCUT2D eigenvalue weighted by atomic mass is 10.2. The molecule has 1 atom stereocenters. The number of aliphatic hydroxyl groups excluding tert-OH is 1. The van der Waals surface area contributed by atoms with E-state index in [0.717, 1.165) is 18.4 Å². The van der Waals surface area contributed by atoms with E-state index in [0.29, 0.717) is 25.8 Å². The molecular formula is C15H21NO2. The highest BCUT2D eigenvalue weighted by Crippen LogP contribution is 2.08. The van der Waals surface area contributed by atoms with Crippen molar-refractivity contribution in [3.8, 4) is 0 Å². The second-order valence-electron chi connectivity index (χ2n) is 4.70. The van der Waals surface area contributed by atoms with Crippen LogP contribution in [0.15, 0.2) is 42.5 Å². The molecule has 1 aromatic rings. The summed E-state index contributed by atoms with van der Waals surface area (Å²) in [5, 5.41) is 13.1. The van der Waals surface area contributed by atoms with E-state index in [4.69, 9.17) is 4.74 Å². The third-order valence-electron chi connectivity index (χ3n) is 3.07. The molecule has 0 radical (unpaired) electrons. The molecule has 2 rings (SSSR count). The molecule has 1 unspecified atom stereocenters. The van der Waals surface area contributed by atoms with Crippen LogP contribution in [0.5, 0.6) is 0 Å². The van der Waals surface area contributed by atoms with Crippen molar-refractivity contribution in [1.82, 2.24) is 5.32 Å². The molecule has 0 saturated heterocycles. The Hall–Kier alpha value is -1.16. The topological polar surface area (TPSA) is 41.5 Å². The predicted molar refractivity (Wildman–Crippen MR) is 72.3 cm³/mol. The van der Waals surface area contributed by atoms with Gasteiger partial charge in [-0.25, -0.2) is 0 Å². The van der Waals surface area contributed by atoms with E-state index >= 15 is 0 Å². The van der Waals surface area contributed by atoms with Gasteiger partial charge in [0.25, 0.3) is 0 Å². The Balaban J connectivity index is 1.55. The highest BCUT2D eigenvalue weighted by molar-refractivity contribution is 5.13. The number of rotatable bonds is 7. The minimum atomic E-state index is -0.436. The van der Waals surface area contributed by atoms with Crippen molar-refractivity contribution in [3.63, 3.8) is 0 Å². The Kier molecular flexibility index (Phi) is 5.39. The molecule has 0 spiro atoms. The number of hydrogen-bond acceptors (Lipinski definition) is 3. The fraction of sp³-hybridized carbons (Fsp3) is 0.467. The minimum absolute atomic E-state index is 0.377. The molecule has 1 aromatic carbocycles. The van der Waals surface area contributed by atoms with Crippen LogP contribution in [0.4, 0.5) is 0 Å². The van der Waals surface area contributed by atoms with Gasteiger partial charge in [-0.2, -0.15) is 0 Å². The van der Waals surface area contributed by atoms with Crippen molar-refractivity contribution in [3.05, 3.63) is 48.0 Å². The molecule has 0 saturated carbocycles. The molecule has 18 heavy (non-hydrogen) atoms. The third kappa shape index (κ3) is 4.61. The summed E-state index contributed by atoms with van der Waals surface area (Å²) in [6.45, 7) is 1.53. The van der Waals surface area contributed by atoms with Gasteiger partial charge in [-0.15, -0.1) is 0 Å². The van der Waals surface area contributed by atoms with Crippen LogP contribution < -0.4 is 5.32 Å². The highest BCUT2D eigenvalue weighted by Gasteiger charge is 2.11. The van der Waals surface area contributed by atoms with Gasteiger partial charge >= 0.3 is 0 Å². The standard InChI is InChI=1S/C15H21NO2/c17-15(10-16-14-8-4-5-9-14)12-18-11-13-6-2-1-3-7-13/h1-7,14-17H,8-12H2. The number of ether oxygens (including phenoxy) is 1. The van der Waals surface area contributed by atoms with E-state index in [9.17, 15) is 5.11 Å². The zero-order valence-corrected chi connectivity index (χ0v) is 10.6. The van der Waals surface area contributed by atoms with Crippen LogP contribution in [0, 0.1) is 0 Å². The van der Waals surface area contributed by atoms with Gasteiger partial charge in [0.05, 0.1) is 19.3 Å². The number of hydrogen-bond donors (Lipinski definition) is 2. The lowest BCUT2D eigenvalue weighted by Crippen LogP contribution is -2.36. The second-order valence-corrected chi connectivity index (χ2v) is 4.70. The maximum atomic E-state index is 9.78. The summed E-state index contributed by atoms with van der Waals surface area (Å²) in [6.07, 6.45) is 6.05. The van der Waals surface area contributed by atoms with Crippen LogP contribution in [0.2, 0.25) is 0 Å². The smallest absolute Gasteiger partial charge is 0.0897 e. The van der Waals surface area contributed by atoms with Gasteiger partial charge in [-0.05, 0) is 18.4 Å². The summed E-state index contributed by atoms with van der Waals surface area (Å²) < 4.78 is 5.49. The van der Waals surface area contributed by atoms with Crippen LogP contribution in [-0.2, 0) is 11.3 Å². The van der Waals surface area contributed by atoms with Crippen molar-refractivity contribution in [1.29, 1.82) is 0 Å². The Morgan fingerprint density at radius 3 is 2.67 bits per heavy atom. The first kappa shape index (κ1) is 13.3. The number of aliphatic hydroxyl groups is 1. The van der Waals surface area contributed by atoms with E-state index in [-0.39, 0.29) is 0 Å². The molecule has 2 N–H and O–H groups in total. The fourth-order valence-corrected chi connectivity index (χ4v) is 2.03. The summed E-state index contributed by atoms with van der Waals surface area (Å²) in [5.41, 5.74) is 1.14.